The Kier molecular flexibility index (Phi) is 3.40. The third kappa shape index (κ3) is 2.71. The van der Waals surface area contributed by atoms with Gasteiger partial charge in [0.05, 0.1) is 13.2 Å². The van der Waals surface area contributed by atoms with Crippen LogP contribution in [-0.2, 0) is 11.3 Å². The molecule has 1 saturated heterocycles. The fraction of sp³-hybridized carbons (Fsp3) is 0.455. The predicted octanol–water partition coefficient (Wildman–Crippen LogP) is 2.08. The van der Waals surface area contributed by atoms with Crippen molar-refractivity contribution in [1.29, 1.82) is 0 Å². The molecule has 1 heterocycles. The van der Waals surface area contributed by atoms with E-state index in [1.54, 1.807) is 0 Å². The van der Waals surface area contributed by atoms with Crippen molar-refractivity contribution in [2.24, 2.45) is 5.92 Å². The molecule has 14 heavy (non-hydrogen) atoms. The van der Waals surface area contributed by atoms with E-state index < -0.39 is 0 Å². The molecule has 0 saturated carbocycles. The van der Waals surface area contributed by atoms with Crippen LogP contribution in [0.25, 0.3) is 0 Å². The fourth-order valence-electron chi connectivity index (χ4n) is 1.44. The summed E-state index contributed by atoms with van der Waals surface area (Å²) in [7, 11) is 0. The molecule has 1 N–H and O–H groups in total. The lowest BCUT2D eigenvalue weighted by Gasteiger charge is -2.26. The molecule has 2 rings (SSSR count). The zero-order valence-electron chi connectivity index (χ0n) is 8.00. The Labute approximate surface area is 89.2 Å². The van der Waals surface area contributed by atoms with Crippen molar-refractivity contribution in [2.45, 2.75) is 6.61 Å². The van der Waals surface area contributed by atoms with E-state index in [-0.39, 0.29) is 0 Å². The highest BCUT2D eigenvalue weighted by Crippen LogP contribution is 2.12. The summed E-state index contributed by atoms with van der Waals surface area (Å²) in [6.45, 7) is 3.70. The first-order chi connectivity index (χ1) is 6.84. The number of hydrogen-bond acceptors (Lipinski definition) is 2. The van der Waals surface area contributed by atoms with Crippen LogP contribution < -0.4 is 5.32 Å². The zero-order chi connectivity index (χ0) is 9.80. The first-order valence-corrected chi connectivity index (χ1v) is 5.25. The van der Waals surface area contributed by atoms with Crippen molar-refractivity contribution in [3.8, 4) is 0 Å². The normalized spacial score (nSPS) is 16.6. The molecular formula is C11H14ClNO. The monoisotopic (exact) mass is 211 g/mol. The van der Waals surface area contributed by atoms with Gasteiger partial charge in [0.15, 0.2) is 0 Å². The maximum atomic E-state index is 5.86. The smallest absolute Gasteiger partial charge is 0.0717 e. The molecule has 3 heteroatoms. The van der Waals surface area contributed by atoms with Crippen LogP contribution >= 0.6 is 11.6 Å². The van der Waals surface area contributed by atoms with Gasteiger partial charge in [0, 0.05) is 24.0 Å². The van der Waals surface area contributed by atoms with Gasteiger partial charge in [-0.2, -0.15) is 0 Å². The molecule has 1 fully saturated rings. The van der Waals surface area contributed by atoms with E-state index in [1.165, 1.54) is 0 Å². The van der Waals surface area contributed by atoms with Crippen LogP contribution in [-0.4, -0.2) is 19.7 Å². The van der Waals surface area contributed by atoms with Crippen molar-refractivity contribution in [3.05, 3.63) is 34.9 Å². The minimum atomic E-state index is 0.664. The standard InChI is InChI=1S/C11H14ClNO/c12-11-3-1-2-9(4-11)7-14-8-10-5-13-6-10/h1-4,10,13H,5-8H2. The van der Waals surface area contributed by atoms with Crippen LogP contribution in [0.4, 0.5) is 0 Å². The molecule has 0 unspecified atom stereocenters. The lowest BCUT2D eigenvalue weighted by atomic mass is 10.1. The van der Waals surface area contributed by atoms with Gasteiger partial charge >= 0.3 is 0 Å². The molecule has 0 amide bonds. The van der Waals surface area contributed by atoms with E-state index in [2.05, 4.69) is 5.32 Å². The van der Waals surface area contributed by atoms with Crippen molar-refractivity contribution >= 4 is 11.6 Å². The Morgan fingerprint density at radius 1 is 1.43 bits per heavy atom. The first kappa shape index (κ1) is 9.97. The van der Waals surface area contributed by atoms with Crippen LogP contribution in [0.2, 0.25) is 5.02 Å². The summed E-state index contributed by atoms with van der Waals surface area (Å²) >= 11 is 5.86. The molecule has 0 radical (unpaired) electrons. The predicted molar refractivity (Wildman–Crippen MR) is 57.5 cm³/mol. The zero-order valence-corrected chi connectivity index (χ0v) is 8.76. The van der Waals surface area contributed by atoms with Crippen LogP contribution in [0.1, 0.15) is 5.56 Å². The van der Waals surface area contributed by atoms with Gasteiger partial charge < -0.3 is 10.1 Å². The second-order valence-corrected chi connectivity index (χ2v) is 4.11. The van der Waals surface area contributed by atoms with Crippen molar-refractivity contribution in [1.82, 2.24) is 5.32 Å². The number of ether oxygens (including phenoxy) is 1. The molecule has 0 bridgehead atoms. The largest absolute Gasteiger partial charge is 0.376 e. The van der Waals surface area contributed by atoms with Gasteiger partial charge in [0.2, 0.25) is 0 Å². The summed E-state index contributed by atoms with van der Waals surface area (Å²) < 4.78 is 5.58. The van der Waals surface area contributed by atoms with Crippen LogP contribution in [0.15, 0.2) is 24.3 Å². The Balaban J connectivity index is 1.74. The second-order valence-electron chi connectivity index (χ2n) is 3.67. The summed E-state index contributed by atoms with van der Waals surface area (Å²) in [6, 6.07) is 7.80. The molecule has 76 valence electrons. The third-order valence-electron chi connectivity index (χ3n) is 2.38. The molecule has 0 spiro atoms. The van der Waals surface area contributed by atoms with Crippen LogP contribution in [0, 0.1) is 5.92 Å². The second kappa shape index (κ2) is 4.78. The van der Waals surface area contributed by atoms with Gasteiger partial charge in [-0.25, -0.2) is 0 Å². The highest BCUT2D eigenvalue weighted by molar-refractivity contribution is 6.30. The molecule has 1 aliphatic rings. The average molecular weight is 212 g/mol. The Morgan fingerprint density at radius 3 is 2.93 bits per heavy atom. The highest BCUT2D eigenvalue weighted by atomic mass is 35.5. The van der Waals surface area contributed by atoms with Gasteiger partial charge in [0.25, 0.3) is 0 Å². The molecule has 0 atom stereocenters. The molecule has 0 aromatic heterocycles. The molecular weight excluding hydrogens is 198 g/mol. The summed E-state index contributed by atoms with van der Waals surface area (Å²) in [5.74, 6) is 0.703. The van der Waals surface area contributed by atoms with Gasteiger partial charge in [-0.05, 0) is 17.7 Å². The summed E-state index contributed by atoms with van der Waals surface area (Å²) in [5.41, 5.74) is 1.14. The van der Waals surface area contributed by atoms with Gasteiger partial charge in [-0.1, -0.05) is 23.7 Å². The van der Waals surface area contributed by atoms with E-state index >= 15 is 0 Å². The minimum Gasteiger partial charge on any atom is -0.376 e. The summed E-state index contributed by atoms with van der Waals surface area (Å²) in [4.78, 5) is 0. The van der Waals surface area contributed by atoms with Gasteiger partial charge in [0.1, 0.15) is 0 Å². The van der Waals surface area contributed by atoms with Gasteiger partial charge in [-0.3, -0.25) is 0 Å². The van der Waals surface area contributed by atoms with E-state index in [9.17, 15) is 0 Å². The average Bonchev–Trinajstić information content (AvgIpc) is 2.09. The maximum absolute atomic E-state index is 5.86. The van der Waals surface area contributed by atoms with E-state index in [1.807, 2.05) is 24.3 Å². The van der Waals surface area contributed by atoms with Crippen LogP contribution in [0.3, 0.4) is 0 Å². The van der Waals surface area contributed by atoms with E-state index in [0.29, 0.717) is 12.5 Å². The molecule has 1 aromatic carbocycles. The maximum Gasteiger partial charge on any atom is 0.0717 e. The Bertz CT molecular complexity index is 299. The van der Waals surface area contributed by atoms with E-state index in [4.69, 9.17) is 16.3 Å². The van der Waals surface area contributed by atoms with Crippen molar-refractivity contribution in [2.75, 3.05) is 19.7 Å². The fourth-order valence-corrected chi connectivity index (χ4v) is 1.65. The highest BCUT2D eigenvalue weighted by Gasteiger charge is 2.16. The lowest BCUT2D eigenvalue weighted by Crippen LogP contribution is -2.44. The first-order valence-electron chi connectivity index (χ1n) is 4.87. The molecule has 1 aromatic rings. The van der Waals surface area contributed by atoms with Crippen molar-refractivity contribution in [3.63, 3.8) is 0 Å². The van der Waals surface area contributed by atoms with Gasteiger partial charge in [-0.15, -0.1) is 0 Å². The molecule has 1 aliphatic heterocycles. The molecule has 0 aliphatic carbocycles. The number of nitrogens with one attached hydrogen (secondary N) is 1. The SMILES string of the molecule is Clc1cccc(COCC2CNC2)c1. The lowest BCUT2D eigenvalue weighted by molar-refractivity contribution is 0.0689. The third-order valence-corrected chi connectivity index (χ3v) is 2.61. The number of rotatable bonds is 4. The summed E-state index contributed by atoms with van der Waals surface area (Å²) in [5, 5.41) is 3.99. The topological polar surface area (TPSA) is 21.3 Å². The molecule has 2 nitrogen and oxygen atoms in total. The Morgan fingerprint density at radius 2 is 2.29 bits per heavy atom. The number of halogens is 1. The minimum absolute atomic E-state index is 0.664. The van der Waals surface area contributed by atoms with Crippen molar-refractivity contribution < 1.29 is 4.74 Å². The number of benzene rings is 1. The van der Waals surface area contributed by atoms with E-state index in [0.717, 1.165) is 30.3 Å². The van der Waals surface area contributed by atoms with Crippen LogP contribution in [0.5, 0.6) is 0 Å². The number of hydrogen-bond donors (Lipinski definition) is 1. The summed E-state index contributed by atoms with van der Waals surface area (Å²) in [6.07, 6.45) is 0. The Hall–Kier alpha value is -0.570. The quantitative estimate of drug-likeness (QED) is 0.824.